The van der Waals surface area contributed by atoms with Gasteiger partial charge in [0.15, 0.2) is 0 Å². The van der Waals surface area contributed by atoms with Crippen molar-refractivity contribution in [1.82, 2.24) is 4.57 Å². The molecule has 0 spiro atoms. The Hall–Kier alpha value is -6.00. The van der Waals surface area contributed by atoms with E-state index in [1.54, 1.807) is 0 Å². The molecule has 3 aromatic heterocycles. The summed E-state index contributed by atoms with van der Waals surface area (Å²) in [6, 6.07) is 64.8. The van der Waals surface area contributed by atoms with Crippen molar-refractivity contribution in [3.8, 4) is 39.1 Å². The quantitative estimate of drug-likeness (QED) is 0.174. The third-order valence-electron chi connectivity index (χ3n) is 10.4. The molecule has 0 N–H and O–H groups in total. The predicted molar refractivity (Wildman–Crippen MR) is 223 cm³/mol. The molecule has 0 fully saturated rings. The van der Waals surface area contributed by atoms with Gasteiger partial charge in [-0.25, -0.2) is 0 Å². The Morgan fingerprint density at radius 1 is 0.333 bits per heavy atom. The van der Waals surface area contributed by atoms with E-state index >= 15 is 0 Å². The van der Waals surface area contributed by atoms with Crippen LogP contribution in [0.4, 0.5) is 0 Å². The minimum atomic E-state index is 1.22. The van der Waals surface area contributed by atoms with Crippen molar-refractivity contribution in [3.05, 3.63) is 176 Å². The summed E-state index contributed by atoms with van der Waals surface area (Å²) < 4.78 is 7.78. The Kier molecular flexibility index (Phi) is 6.36. The van der Waals surface area contributed by atoms with Gasteiger partial charge in [-0.3, -0.25) is 0 Å². The molecule has 3 heteroatoms. The van der Waals surface area contributed by atoms with Crippen LogP contribution in [-0.4, -0.2) is 4.57 Å². The van der Waals surface area contributed by atoms with E-state index in [4.69, 9.17) is 0 Å². The Morgan fingerprint density at radius 3 is 1.65 bits per heavy atom. The van der Waals surface area contributed by atoms with Crippen molar-refractivity contribution in [3.63, 3.8) is 0 Å². The molecule has 0 saturated carbocycles. The summed E-state index contributed by atoms with van der Waals surface area (Å²) in [5.41, 5.74) is 11.1. The molecule has 51 heavy (non-hydrogen) atoms. The van der Waals surface area contributed by atoms with Gasteiger partial charge in [0, 0.05) is 46.4 Å². The fourth-order valence-corrected chi connectivity index (χ4v) is 10.4. The third-order valence-corrected chi connectivity index (χ3v) is 12.7. The van der Waals surface area contributed by atoms with E-state index in [-0.39, 0.29) is 0 Å². The molecule has 0 amide bonds. The molecule has 11 rings (SSSR count). The van der Waals surface area contributed by atoms with E-state index in [0.717, 1.165) is 0 Å². The summed E-state index contributed by atoms with van der Waals surface area (Å²) in [7, 11) is 0. The minimum absolute atomic E-state index is 1.22. The maximum Gasteiger partial charge on any atom is 0.0640 e. The monoisotopic (exact) mass is 683 g/mol. The van der Waals surface area contributed by atoms with Crippen LogP contribution in [0.25, 0.3) is 101 Å². The maximum absolute atomic E-state index is 2.49. The first-order valence-electron chi connectivity index (χ1n) is 17.3. The number of aromatic nitrogens is 1. The fraction of sp³-hybridized carbons (Fsp3) is 0. The van der Waals surface area contributed by atoms with E-state index in [2.05, 4.69) is 180 Å². The molecule has 0 aliphatic rings. The Balaban J connectivity index is 1.16. The molecule has 3 heterocycles. The van der Waals surface area contributed by atoms with Gasteiger partial charge in [-0.05, 0) is 81.9 Å². The fourth-order valence-electron chi connectivity index (χ4n) is 8.05. The standard InChI is InChI=1S/C48H29NS2/c1-3-11-30(12-4-1)32-22-25-41-39(27-32)40-28-33(31-13-5-2-6-14-31)23-26-42(40)49(41)43-18-9-17-38-47-35(16-10-20-45(47)51-48(38)43)34-21-24-37-36-15-7-8-19-44(36)50-46(37)29-34/h1-29H. The van der Waals surface area contributed by atoms with E-state index < -0.39 is 0 Å². The molecule has 8 aromatic carbocycles. The van der Waals surface area contributed by atoms with Crippen molar-refractivity contribution in [2.75, 3.05) is 0 Å². The highest BCUT2D eigenvalue weighted by Gasteiger charge is 2.19. The number of benzene rings is 8. The van der Waals surface area contributed by atoms with Crippen molar-refractivity contribution in [2.45, 2.75) is 0 Å². The molecule has 1 nitrogen and oxygen atoms in total. The lowest BCUT2D eigenvalue weighted by Crippen LogP contribution is -1.94. The van der Waals surface area contributed by atoms with E-state index in [1.807, 2.05) is 22.7 Å². The van der Waals surface area contributed by atoms with Crippen LogP contribution >= 0.6 is 22.7 Å². The highest BCUT2D eigenvalue weighted by molar-refractivity contribution is 7.26. The lowest BCUT2D eigenvalue weighted by Gasteiger charge is -2.11. The van der Waals surface area contributed by atoms with Gasteiger partial charge in [-0.1, -0.05) is 127 Å². The van der Waals surface area contributed by atoms with Crippen LogP contribution in [0.2, 0.25) is 0 Å². The lowest BCUT2D eigenvalue weighted by atomic mass is 9.98. The van der Waals surface area contributed by atoms with E-state index in [1.165, 1.54) is 101 Å². The van der Waals surface area contributed by atoms with Crippen LogP contribution in [-0.2, 0) is 0 Å². The second kappa shape index (κ2) is 11.3. The SMILES string of the molecule is c1ccc(-c2ccc3c(c2)c2cc(-c4ccccc4)ccc2n3-c2cccc3c2sc2cccc(-c4ccc5c(c4)sc4ccccc45)c23)cc1. The van der Waals surface area contributed by atoms with Crippen LogP contribution in [0.15, 0.2) is 176 Å². The first-order chi connectivity index (χ1) is 25.3. The third kappa shape index (κ3) is 4.45. The van der Waals surface area contributed by atoms with Gasteiger partial charge >= 0.3 is 0 Å². The summed E-state index contributed by atoms with van der Waals surface area (Å²) >= 11 is 3.78. The molecule has 0 atom stereocenters. The predicted octanol–water partition coefficient (Wildman–Crippen LogP) is 14.5. The van der Waals surface area contributed by atoms with Crippen molar-refractivity contribution in [2.24, 2.45) is 0 Å². The van der Waals surface area contributed by atoms with Crippen molar-refractivity contribution in [1.29, 1.82) is 0 Å². The molecule has 11 aromatic rings. The van der Waals surface area contributed by atoms with Gasteiger partial charge in [0.05, 0.1) is 21.4 Å². The molecule has 0 saturated heterocycles. The average Bonchev–Trinajstić information content (AvgIpc) is 3.87. The number of nitrogens with zero attached hydrogens (tertiary/aromatic N) is 1. The van der Waals surface area contributed by atoms with Crippen LogP contribution in [0.3, 0.4) is 0 Å². The summed E-state index contributed by atoms with van der Waals surface area (Å²) in [5.74, 6) is 0. The summed E-state index contributed by atoms with van der Waals surface area (Å²) in [6.45, 7) is 0. The number of thiophene rings is 2. The highest BCUT2D eigenvalue weighted by atomic mass is 32.1. The molecular weight excluding hydrogens is 655 g/mol. The van der Waals surface area contributed by atoms with Crippen LogP contribution < -0.4 is 0 Å². The van der Waals surface area contributed by atoms with Gasteiger partial charge in [-0.15, -0.1) is 22.7 Å². The zero-order chi connectivity index (χ0) is 33.5. The Morgan fingerprint density at radius 2 is 0.922 bits per heavy atom. The molecule has 0 aliphatic carbocycles. The second-order valence-electron chi connectivity index (χ2n) is 13.3. The first kappa shape index (κ1) is 28.8. The molecule has 238 valence electrons. The number of hydrogen-bond donors (Lipinski definition) is 0. The van der Waals surface area contributed by atoms with E-state index in [9.17, 15) is 0 Å². The smallest absolute Gasteiger partial charge is 0.0640 e. The summed E-state index contributed by atoms with van der Waals surface area (Å²) in [6.07, 6.45) is 0. The normalized spacial score (nSPS) is 11.9. The molecule has 0 bridgehead atoms. The Bertz CT molecular complexity index is 3030. The Labute approximate surface area is 302 Å². The van der Waals surface area contributed by atoms with Crippen LogP contribution in [0.5, 0.6) is 0 Å². The summed E-state index contributed by atoms with van der Waals surface area (Å²) in [4.78, 5) is 0. The largest absolute Gasteiger partial charge is 0.308 e. The summed E-state index contributed by atoms with van der Waals surface area (Å²) in [5, 5.41) is 7.83. The van der Waals surface area contributed by atoms with Crippen molar-refractivity contribution >= 4 is 84.8 Å². The van der Waals surface area contributed by atoms with Gasteiger partial charge in [0.2, 0.25) is 0 Å². The highest BCUT2D eigenvalue weighted by Crippen LogP contribution is 2.46. The zero-order valence-electron chi connectivity index (χ0n) is 27.5. The molecule has 0 radical (unpaired) electrons. The van der Waals surface area contributed by atoms with Gasteiger partial charge in [0.25, 0.3) is 0 Å². The van der Waals surface area contributed by atoms with Crippen LogP contribution in [0.1, 0.15) is 0 Å². The number of hydrogen-bond acceptors (Lipinski definition) is 2. The lowest BCUT2D eigenvalue weighted by molar-refractivity contribution is 1.20. The van der Waals surface area contributed by atoms with Crippen LogP contribution in [0, 0.1) is 0 Å². The number of fused-ring (bicyclic) bond motifs is 9. The zero-order valence-corrected chi connectivity index (χ0v) is 29.1. The molecule has 0 aliphatic heterocycles. The average molecular weight is 684 g/mol. The molecular formula is C48H29NS2. The minimum Gasteiger partial charge on any atom is -0.308 e. The number of rotatable bonds is 4. The first-order valence-corrected chi connectivity index (χ1v) is 19.0. The topological polar surface area (TPSA) is 4.93 Å². The van der Waals surface area contributed by atoms with Crippen molar-refractivity contribution < 1.29 is 0 Å². The van der Waals surface area contributed by atoms with Gasteiger partial charge in [-0.2, -0.15) is 0 Å². The van der Waals surface area contributed by atoms with E-state index in [0.29, 0.717) is 0 Å². The maximum atomic E-state index is 2.49. The van der Waals surface area contributed by atoms with Gasteiger partial charge in [0.1, 0.15) is 0 Å². The van der Waals surface area contributed by atoms with Gasteiger partial charge < -0.3 is 4.57 Å². The molecule has 0 unspecified atom stereocenters. The second-order valence-corrected chi connectivity index (χ2v) is 15.4.